The first-order chi connectivity index (χ1) is 12.6. The third-order valence-corrected chi connectivity index (χ3v) is 6.21. The van der Waals surface area contributed by atoms with Crippen LogP contribution in [-0.4, -0.2) is 17.6 Å². The zero-order valence-corrected chi connectivity index (χ0v) is 15.7. The van der Waals surface area contributed by atoms with Crippen LogP contribution in [0.25, 0.3) is 0 Å². The number of nitrogens with two attached hydrogens (primary N) is 1. The first-order valence-corrected chi connectivity index (χ1v) is 9.69. The fourth-order valence-corrected chi connectivity index (χ4v) is 4.67. The minimum Gasteiger partial charge on any atom is -0.321 e. The average Bonchev–Trinajstić information content (AvgIpc) is 2.70. The molecule has 3 heteroatoms. The van der Waals surface area contributed by atoms with Gasteiger partial charge in [-0.25, -0.2) is 0 Å². The molecule has 0 radical (unpaired) electrons. The maximum absolute atomic E-state index is 11.7. The van der Waals surface area contributed by atoms with Crippen molar-refractivity contribution in [2.45, 2.75) is 17.7 Å². The maximum atomic E-state index is 11.7. The van der Waals surface area contributed by atoms with Gasteiger partial charge in [-0.1, -0.05) is 91.0 Å². The van der Waals surface area contributed by atoms with Crippen molar-refractivity contribution in [3.05, 3.63) is 108 Å². The molecule has 0 aromatic heterocycles. The number of carbonyl (C=O) groups is 1. The first-order valence-electron chi connectivity index (χ1n) is 8.71. The summed E-state index contributed by atoms with van der Waals surface area (Å²) in [5.74, 6) is 0.564. The van der Waals surface area contributed by atoms with E-state index in [-0.39, 0.29) is 5.78 Å². The second-order valence-corrected chi connectivity index (χ2v) is 7.54. The fraction of sp³-hybridized carbons (Fsp3) is 0.174. The summed E-state index contributed by atoms with van der Waals surface area (Å²) < 4.78 is -0.420. The Morgan fingerprint density at radius 1 is 0.808 bits per heavy atom. The molecule has 3 aromatic rings. The molecule has 132 valence electrons. The second kappa shape index (κ2) is 8.35. The number of ketones is 1. The number of hydrogen-bond acceptors (Lipinski definition) is 3. The maximum Gasteiger partial charge on any atom is 0.147 e. The predicted octanol–water partition coefficient (Wildman–Crippen LogP) is 4.63. The van der Waals surface area contributed by atoms with Gasteiger partial charge in [-0.3, -0.25) is 4.79 Å². The summed E-state index contributed by atoms with van der Waals surface area (Å²) in [7, 11) is 0. The van der Waals surface area contributed by atoms with E-state index in [0.717, 1.165) is 0 Å². The molecule has 0 amide bonds. The van der Waals surface area contributed by atoms with Gasteiger partial charge in [0.15, 0.2) is 0 Å². The van der Waals surface area contributed by atoms with Crippen molar-refractivity contribution in [2.75, 3.05) is 5.75 Å². The van der Waals surface area contributed by atoms with Gasteiger partial charge >= 0.3 is 0 Å². The minimum absolute atomic E-state index is 0.0144. The highest BCUT2D eigenvalue weighted by Crippen LogP contribution is 2.48. The lowest BCUT2D eigenvalue weighted by atomic mass is 9.84. The predicted molar refractivity (Wildman–Crippen MR) is 110 cm³/mol. The Kier molecular flexibility index (Phi) is 5.92. The monoisotopic (exact) mass is 361 g/mol. The van der Waals surface area contributed by atoms with Crippen LogP contribution >= 0.6 is 11.8 Å². The Bertz CT molecular complexity index is 737. The van der Waals surface area contributed by atoms with Gasteiger partial charge in [0.25, 0.3) is 0 Å². The smallest absolute Gasteiger partial charge is 0.147 e. The van der Waals surface area contributed by atoms with Crippen LogP contribution in [0.4, 0.5) is 0 Å². The number of rotatable bonds is 7. The Labute approximate surface area is 159 Å². The Balaban J connectivity index is 2.19. The number of thioether (sulfide) groups is 1. The van der Waals surface area contributed by atoms with Crippen molar-refractivity contribution in [3.63, 3.8) is 0 Å². The summed E-state index contributed by atoms with van der Waals surface area (Å²) in [4.78, 5) is 11.7. The van der Waals surface area contributed by atoms with Crippen molar-refractivity contribution in [2.24, 2.45) is 5.73 Å². The van der Waals surface area contributed by atoms with Crippen LogP contribution < -0.4 is 5.73 Å². The van der Waals surface area contributed by atoms with Gasteiger partial charge in [0.05, 0.1) is 10.8 Å². The van der Waals surface area contributed by atoms with Gasteiger partial charge in [-0.2, -0.15) is 0 Å². The summed E-state index contributed by atoms with van der Waals surface area (Å²) in [6, 6.07) is 30.8. The van der Waals surface area contributed by atoms with E-state index in [1.165, 1.54) is 16.7 Å². The molecule has 3 aromatic carbocycles. The van der Waals surface area contributed by atoms with E-state index in [0.29, 0.717) is 5.75 Å². The van der Waals surface area contributed by atoms with Crippen LogP contribution in [0.2, 0.25) is 0 Å². The Morgan fingerprint density at radius 3 is 1.46 bits per heavy atom. The van der Waals surface area contributed by atoms with Crippen molar-refractivity contribution >= 4 is 17.5 Å². The van der Waals surface area contributed by atoms with Gasteiger partial charge in [0.1, 0.15) is 5.78 Å². The number of carbonyl (C=O) groups excluding carboxylic acids is 1. The normalized spacial score (nSPS) is 12.5. The summed E-state index contributed by atoms with van der Waals surface area (Å²) in [5, 5.41) is 0. The van der Waals surface area contributed by atoms with Crippen LogP contribution in [0.15, 0.2) is 91.0 Å². The van der Waals surface area contributed by atoms with E-state index in [4.69, 9.17) is 5.73 Å². The van der Waals surface area contributed by atoms with E-state index < -0.39 is 10.8 Å². The number of Topliss-reactive ketones (excluding diaryl/α,β-unsaturated/α-hetero) is 1. The highest BCUT2D eigenvalue weighted by atomic mass is 32.2. The Hall–Kier alpha value is -2.36. The molecule has 0 aliphatic rings. The lowest BCUT2D eigenvalue weighted by Gasteiger charge is -2.36. The molecule has 0 saturated carbocycles. The average molecular weight is 362 g/mol. The fourth-order valence-electron chi connectivity index (χ4n) is 3.10. The number of benzene rings is 3. The minimum atomic E-state index is -0.476. The van der Waals surface area contributed by atoms with Crippen LogP contribution in [-0.2, 0) is 9.54 Å². The third kappa shape index (κ3) is 3.74. The molecule has 0 aliphatic heterocycles. The molecule has 0 saturated heterocycles. The van der Waals surface area contributed by atoms with Crippen molar-refractivity contribution in [3.8, 4) is 0 Å². The molecule has 1 unspecified atom stereocenters. The van der Waals surface area contributed by atoms with Crippen LogP contribution in [0.1, 0.15) is 23.6 Å². The molecule has 0 spiro atoms. The molecule has 2 nitrogen and oxygen atoms in total. The highest BCUT2D eigenvalue weighted by molar-refractivity contribution is 8.00. The highest BCUT2D eigenvalue weighted by Gasteiger charge is 2.37. The SMILES string of the molecule is CC(=O)C(N)CSC(c1ccccc1)(c1ccccc1)c1ccccc1. The van der Waals surface area contributed by atoms with E-state index >= 15 is 0 Å². The molecule has 3 rings (SSSR count). The van der Waals surface area contributed by atoms with Gasteiger partial charge in [-0.15, -0.1) is 11.8 Å². The first kappa shape index (κ1) is 18.4. The van der Waals surface area contributed by atoms with Crippen molar-refractivity contribution < 1.29 is 4.79 Å². The molecule has 0 aliphatic carbocycles. The summed E-state index contributed by atoms with van der Waals surface area (Å²) in [6.45, 7) is 1.56. The van der Waals surface area contributed by atoms with Gasteiger partial charge in [0, 0.05) is 5.75 Å². The molecule has 2 N–H and O–H groups in total. The molecular formula is C23H23NOS. The quantitative estimate of drug-likeness (QED) is 0.624. The Morgan fingerprint density at radius 2 is 1.15 bits per heavy atom. The van der Waals surface area contributed by atoms with E-state index in [1.54, 1.807) is 18.7 Å². The van der Waals surface area contributed by atoms with Gasteiger partial charge in [-0.05, 0) is 23.6 Å². The molecule has 0 fully saturated rings. The molecule has 0 heterocycles. The zero-order chi connectivity index (χ0) is 18.4. The zero-order valence-electron chi connectivity index (χ0n) is 14.8. The molecule has 1 atom stereocenters. The standard InChI is InChI=1S/C23H23NOS/c1-18(25)22(24)17-26-23(19-11-5-2-6-12-19,20-13-7-3-8-14-20)21-15-9-4-10-16-21/h2-16,22H,17,24H2,1H3. The van der Waals surface area contributed by atoms with E-state index in [9.17, 15) is 4.79 Å². The van der Waals surface area contributed by atoms with Crippen molar-refractivity contribution in [1.29, 1.82) is 0 Å². The van der Waals surface area contributed by atoms with E-state index in [1.807, 2.05) is 18.2 Å². The lowest BCUT2D eigenvalue weighted by molar-refractivity contribution is -0.117. The van der Waals surface area contributed by atoms with Crippen molar-refractivity contribution in [1.82, 2.24) is 0 Å². The van der Waals surface area contributed by atoms with Gasteiger partial charge in [0.2, 0.25) is 0 Å². The van der Waals surface area contributed by atoms with Crippen LogP contribution in [0.5, 0.6) is 0 Å². The summed E-state index contributed by atoms with van der Waals surface area (Å²) in [6.07, 6.45) is 0. The van der Waals surface area contributed by atoms with Gasteiger partial charge < -0.3 is 5.73 Å². The number of hydrogen-bond donors (Lipinski definition) is 1. The summed E-state index contributed by atoms with van der Waals surface area (Å²) in [5.41, 5.74) is 9.62. The largest absolute Gasteiger partial charge is 0.321 e. The molecule has 26 heavy (non-hydrogen) atoms. The lowest BCUT2D eigenvalue weighted by Crippen LogP contribution is -2.34. The summed E-state index contributed by atoms with van der Waals surface area (Å²) >= 11 is 1.72. The second-order valence-electron chi connectivity index (χ2n) is 6.31. The topological polar surface area (TPSA) is 43.1 Å². The molecule has 0 bridgehead atoms. The van der Waals surface area contributed by atoms with Crippen LogP contribution in [0, 0.1) is 0 Å². The van der Waals surface area contributed by atoms with E-state index in [2.05, 4.69) is 72.8 Å². The third-order valence-electron chi connectivity index (χ3n) is 4.54. The van der Waals surface area contributed by atoms with Crippen LogP contribution in [0.3, 0.4) is 0 Å². The molecular weight excluding hydrogens is 338 g/mol.